The molecule has 3 aromatic carbocycles. The molecule has 0 atom stereocenters. The van der Waals surface area contributed by atoms with E-state index in [-0.39, 0.29) is 23.9 Å². The van der Waals surface area contributed by atoms with Gasteiger partial charge in [0.1, 0.15) is 18.2 Å². The molecule has 0 bridgehead atoms. The summed E-state index contributed by atoms with van der Waals surface area (Å²) in [5.74, 6) is -0.873. The zero-order valence-electron chi connectivity index (χ0n) is 17.9. The van der Waals surface area contributed by atoms with Crippen LogP contribution < -0.4 is 4.74 Å². The molecule has 1 saturated heterocycles. The second-order valence-corrected chi connectivity index (χ2v) is 9.46. The Morgan fingerprint density at radius 3 is 2.59 bits per heavy atom. The minimum Gasteiger partial charge on any atom is -0.488 e. The average Bonchev–Trinajstić information content (AvgIpc) is 3.07. The van der Waals surface area contributed by atoms with E-state index in [2.05, 4.69) is 27.6 Å². The van der Waals surface area contributed by atoms with E-state index in [1.54, 1.807) is 49.5 Å². The molecule has 1 amide bonds. The molecule has 0 spiro atoms. The third-order valence-electron chi connectivity index (χ3n) is 4.94. The number of rotatable bonds is 6. The number of carbonyl (C=O) groups excluding carboxylic acids is 1. The number of carboxylic acids is 1. The van der Waals surface area contributed by atoms with Crippen LogP contribution in [0.1, 0.15) is 21.5 Å². The number of likely N-dealkylation sites (N-methyl/N-ethyl adjacent to an activating group) is 1. The fraction of sp³-hybridized carbons (Fsp3) is 0.0800. The quantitative estimate of drug-likeness (QED) is 0.285. The van der Waals surface area contributed by atoms with Crippen LogP contribution in [0.25, 0.3) is 6.08 Å². The number of carbonyl (C=O) groups is 2. The maximum absolute atomic E-state index is 13.8. The first-order chi connectivity index (χ1) is 16.3. The second kappa shape index (κ2) is 10.4. The first-order valence-electron chi connectivity index (χ1n) is 10.1. The van der Waals surface area contributed by atoms with Crippen molar-refractivity contribution in [2.24, 2.45) is 4.99 Å². The maximum Gasteiger partial charge on any atom is 0.335 e. The number of ether oxygens (including phenoxy) is 1. The molecule has 0 aromatic heterocycles. The average molecular weight is 588 g/mol. The molecule has 1 heterocycles. The van der Waals surface area contributed by atoms with E-state index in [0.29, 0.717) is 27.1 Å². The summed E-state index contributed by atoms with van der Waals surface area (Å²) >= 11 is 3.39. The number of aromatic carboxylic acids is 1. The van der Waals surface area contributed by atoms with Crippen molar-refractivity contribution in [2.75, 3.05) is 7.05 Å². The van der Waals surface area contributed by atoms with Gasteiger partial charge in [-0.15, -0.1) is 0 Å². The molecule has 6 nitrogen and oxygen atoms in total. The topological polar surface area (TPSA) is 79.2 Å². The lowest BCUT2D eigenvalue weighted by Gasteiger charge is -2.10. The number of thioether (sulfide) groups is 1. The van der Waals surface area contributed by atoms with Gasteiger partial charge < -0.3 is 9.84 Å². The molecule has 1 N–H and O–H groups in total. The SMILES string of the molecule is CN1C(=O)/C(=C/c2ccc(OCc3ccccc3F)c(I)c2)SC1=Nc1ccc(C(=O)O)cc1. The highest BCUT2D eigenvalue weighted by atomic mass is 127. The zero-order chi connectivity index (χ0) is 24.2. The van der Waals surface area contributed by atoms with Crippen LogP contribution in [-0.4, -0.2) is 34.1 Å². The van der Waals surface area contributed by atoms with E-state index in [9.17, 15) is 14.0 Å². The summed E-state index contributed by atoms with van der Waals surface area (Å²) in [6.45, 7) is 0.121. The van der Waals surface area contributed by atoms with Crippen LogP contribution >= 0.6 is 34.4 Å². The Bertz CT molecular complexity index is 1320. The largest absolute Gasteiger partial charge is 0.488 e. The number of nitrogens with zero attached hydrogens (tertiary/aromatic N) is 2. The molecular weight excluding hydrogens is 570 g/mol. The molecule has 34 heavy (non-hydrogen) atoms. The van der Waals surface area contributed by atoms with Crippen LogP contribution in [0.3, 0.4) is 0 Å². The molecule has 1 aliphatic heterocycles. The number of hydrogen-bond donors (Lipinski definition) is 1. The number of benzene rings is 3. The standard InChI is InChI=1S/C25H18FIN2O4S/c1-29-23(30)22(34-25(29)28-18-9-7-16(8-10-18)24(31)32)13-15-6-11-21(20(27)12-15)33-14-17-4-2-3-5-19(17)26/h2-13H,14H2,1H3,(H,31,32)/b22-13-,28-25?. The van der Waals surface area contributed by atoms with Crippen LogP contribution in [0.2, 0.25) is 0 Å². The van der Waals surface area contributed by atoms with Crippen LogP contribution in [-0.2, 0) is 11.4 Å². The minimum absolute atomic E-state index is 0.121. The van der Waals surface area contributed by atoms with E-state index < -0.39 is 5.97 Å². The predicted octanol–water partition coefficient (Wildman–Crippen LogP) is 5.94. The van der Waals surface area contributed by atoms with Gasteiger partial charge in [-0.25, -0.2) is 14.2 Å². The molecule has 9 heteroatoms. The molecule has 0 unspecified atom stereocenters. The van der Waals surface area contributed by atoms with Crippen molar-refractivity contribution in [1.29, 1.82) is 0 Å². The van der Waals surface area contributed by atoms with Crippen LogP contribution in [0.5, 0.6) is 5.75 Å². The summed E-state index contributed by atoms with van der Waals surface area (Å²) in [5, 5.41) is 9.52. The lowest BCUT2D eigenvalue weighted by Crippen LogP contribution is -2.23. The van der Waals surface area contributed by atoms with Crippen molar-refractivity contribution in [3.8, 4) is 5.75 Å². The molecule has 172 valence electrons. The van der Waals surface area contributed by atoms with E-state index >= 15 is 0 Å². The number of hydrogen-bond acceptors (Lipinski definition) is 5. The van der Waals surface area contributed by atoms with Crippen molar-refractivity contribution in [3.05, 3.63) is 97.7 Å². The molecule has 0 saturated carbocycles. The third-order valence-corrected chi connectivity index (χ3v) is 6.84. The molecule has 4 rings (SSSR count). The Morgan fingerprint density at radius 2 is 1.91 bits per heavy atom. The summed E-state index contributed by atoms with van der Waals surface area (Å²) in [4.78, 5) is 30.2. The summed E-state index contributed by atoms with van der Waals surface area (Å²) in [7, 11) is 1.64. The van der Waals surface area contributed by atoms with Gasteiger partial charge in [0.05, 0.1) is 19.7 Å². The smallest absolute Gasteiger partial charge is 0.335 e. The van der Waals surface area contributed by atoms with Crippen molar-refractivity contribution < 1.29 is 23.8 Å². The lowest BCUT2D eigenvalue weighted by atomic mass is 10.2. The zero-order valence-corrected chi connectivity index (χ0v) is 20.8. The van der Waals surface area contributed by atoms with Crippen LogP contribution in [0.4, 0.5) is 10.1 Å². The van der Waals surface area contributed by atoms with Gasteiger partial charge in [0.25, 0.3) is 5.91 Å². The minimum atomic E-state index is -1.01. The van der Waals surface area contributed by atoms with Gasteiger partial charge in [0.15, 0.2) is 5.17 Å². The predicted molar refractivity (Wildman–Crippen MR) is 139 cm³/mol. The Hall–Kier alpha value is -3.18. The normalized spacial score (nSPS) is 15.9. The molecule has 0 radical (unpaired) electrons. The monoisotopic (exact) mass is 588 g/mol. The molecule has 1 fully saturated rings. The first kappa shape index (κ1) is 24.0. The van der Waals surface area contributed by atoms with E-state index in [1.807, 2.05) is 12.1 Å². The van der Waals surface area contributed by atoms with E-state index in [4.69, 9.17) is 9.84 Å². The molecular formula is C25H18FIN2O4S. The Morgan fingerprint density at radius 1 is 1.18 bits per heavy atom. The highest BCUT2D eigenvalue weighted by Gasteiger charge is 2.30. The second-order valence-electron chi connectivity index (χ2n) is 7.29. The van der Waals surface area contributed by atoms with Gasteiger partial charge in [0, 0.05) is 12.6 Å². The van der Waals surface area contributed by atoms with E-state index in [0.717, 1.165) is 9.13 Å². The van der Waals surface area contributed by atoms with Crippen LogP contribution in [0.15, 0.2) is 76.6 Å². The van der Waals surface area contributed by atoms with Crippen LogP contribution in [0, 0.1) is 9.39 Å². The molecule has 1 aliphatic rings. The van der Waals surface area contributed by atoms with Gasteiger partial charge in [-0.3, -0.25) is 9.69 Å². The Kier molecular flexibility index (Phi) is 7.32. The Labute approximate surface area is 213 Å². The number of amidine groups is 1. The summed E-state index contributed by atoms with van der Waals surface area (Å²) < 4.78 is 20.4. The highest BCUT2D eigenvalue weighted by Crippen LogP contribution is 2.34. The number of aliphatic imine (C=N–C) groups is 1. The highest BCUT2D eigenvalue weighted by molar-refractivity contribution is 14.1. The van der Waals surface area contributed by atoms with Crippen molar-refractivity contribution >= 4 is 63.2 Å². The summed E-state index contributed by atoms with van der Waals surface area (Å²) in [5.41, 5.74) is 2.02. The Balaban J connectivity index is 1.49. The van der Waals surface area contributed by atoms with Gasteiger partial charge in [-0.05, 0) is 88.5 Å². The number of carboxylic acid groups (broad SMARTS) is 1. The first-order valence-corrected chi connectivity index (χ1v) is 12.0. The lowest BCUT2D eigenvalue weighted by molar-refractivity contribution is -0.121. The number of halogens is 2. The summed E-state index contributed by atoms with van der Waals surface area (Å²) in [6.07, 6.45) is 1.78. The third kappa shape index (κ3) is 5.48. The summed E-state index contributed by atoms with van der Waals surface area (Å²) in [6, 6.07) is 18.1. The van der Waals surface area contributed by atoms with Crippen molar-refractivity contribution in [3.63, 3.8) is 0 Å². The van der Waals surface area contributed by atoms with Gasteiger partial charge in [0.2, 0.25) is 0 Å². The van der Waals surface area contributed by atoms with E-state index in [1.165, 1.54) is 34.9 Å². The maximum atomic E-state index is 13.8. The van der Waals surface area contributed by atoms with Gasteiger partial charge in [-0.1, -0.05) is 24.3 Å². The number of amides is 1. The molecule has 3 aromatic rings. The van der Waals surface area contributed by atoms with Crippen molar-refractivity contribution in [1.82, 2.24) is 4.90 Å². The van der Waals surface area contributed by atoms with Gasteiger partial charge in [-0.2, -0.15) is 0 Å². The van der Waals surface area contributed by atoms with Gasteiger partial charge >= 0.3 is 5.97 Å². The molecule has 0 aliphatic carbocycles. The fourth-order valence-corrected chi connectivity index (χ4v) is 4.77. The fourth-order valence-electron chi connectivity index (χ4n) is 3.09. The van der Waals surface area contributed by atoms with Crippen molar-refractivity contribution in [2.45, 2.75) is 6.61 Å².